The van der Waals surface area contributed by atoms with E-state index in [9.17, 15) is 28.7 Å². The van der Waals surface area contributed by atoms with Gasteiger partial charge in [-0.15, -0.1) is 11.8 Å². The second kappa shape index (κ2) is 13.6. The standard InChI is InChI=1S/C30H36F3N5O6S.HI/c1-30(2,3)44-29(43)24-19(15-45-27-22(34-16-39)26(40)37(24)27)14-38(4)9-7-35(8-10-38)25-20(32)12-17-11-18(28(41)42)13-36(6-5-31)23(17)21(25)33;/h12-13,16,22,27H,5-11,14-15H2,1-4H3,(H-,34,39,41,42);1H/t22-,27-;/m1./s1. The molecule has 4 heterocycles. The molecule has 4 aliphatic rings. The van der Waals surface area contributed by atoms with Crippen molar-refractivity contribution < 1.29 is 70.7 Å². The van der Waals surface area contributed by atoms with Gasteiger partial charge in [-0.3, -0.25) is 14.5 Å². The van der Waals surface area contributed by atoms with Crippen LogP contribution in [0.5, 0.6) is 0 Å². The SMILES string of the molecule is CC(C)(C)OC(=O)C1=C(C[N+]2(C)CCN(c3c(F)cc4c(c3F)N(CCF)C=C(C(=O)O)C4)CC2)CS[C@@H]2[C@H](NC=O)C(=O)N12.[I-]. The van der Waals surface area contributed by atoms with E-state index in [1.165, 1.54) is 27.8 Å². The molecule has 2 atom stereocenters. The number of ether oxygens (including phenoxy) is 1. The minimum atomic E-state index is -1.24. The summed E-state index contributed by atoms with van der Waals surface area (Å²) in [6.07, 6.45) is 1.48. The number of nitrogens with one attached hydrogen (secondary N) is 1. The number of hydrogen-bond donors (Lipinski definition) is 2. The number of thioether (sulfide) groups is 1. The molecule has 2 fully saturated rings. The third-order valence-electron chi connectivity index (χ3n) is 8.42. The molecule has 46 heavy (non-hydrogen) atoms. The number of quaternary nitrogens is 1. The molecular formula is C30H37F3IN5O6S. The summed E-state index contributed by atoms with van der Waals surface area (Å²) in [5.41, 5.74) is -0.134. The Bertz CT molecular complexity index is 1490. The average molecular weight is 780 g/mol. The van der Waals surface area contributed by atoms with E-state index in [1.807, 2.05) is 7.05 Å². The predicted octanol–water partition coefficient (Wildman–Crippen LogP) is -0.839. The summed E-state index contributed by atoms with van der Waals surface area (Å²) in [5.74, 6) is -3.52. The summed E-state index contributed by atoms with van der Waals surface area (Å²) >= 11 is 1.45. The number of halogens is 4. The van der Waals surface area contributed by atoms with Crippen LogP contribution in [0.3, 0.4) is 0 Å². The lowest BCUT2D eigenvalue weighted by Crippen LogP contribution is -3.00. The zero-order valence-electron chi connectivity index (χ0n) is 25.9. The van der Waals surface area contributed by atoms with Crippen molar-refractivity contribution in [1.29, 1.82) is 0 Å². The number of esters is 1. The molecule has 1 aromatic rings. The molecule has 11 nitrogen and oxygen atoms in total. The maximum atomic E-state index is 16.0. The van der Waals surface area contributed by atoms with Crippen molar-refractivity contribution in [2.45, 2.75) is 44.2 Å². The summed E-state index contributed by atoms with van der Waals surface area (Å²) in [6.45, 7) is 5.90. The van der Waals surface area contributed by atoms with Gasteiger partial charge >= 0.3 is 11.9 Å². The summed E-state index contributed by atoms with van der Waals surface area (Å²) in [5, 5.41) is 11.5. The molecule has 4 aliphatic heterocycles. The molecule has 1 aromatic carbocycles. The highest BCUT2D eigenvalue weighted by Gasteiger charge is 2.55. The van der Waals surface area contributed by atoms with Crippen molar-refractivity contribution in [3.05, 3.63) is 46.3 Å². The number of nitrogens with zero attached hydrogens (tertiary/aromatic N) is 4. The van der Waals surface area contributed by atoms with Crippen LogP contribution in [0.1, 0.15) is 26.3 Å². The first kappa shape index (κ1) is 35.9. The van der Waals surface area contributed by atoms with E-state index >= 15 is 8.78 Å². The number of β-lactam (4-membered cyclic amide) rings is 1. The normalized spacial score (nSPS) is 22.2. The number of carbonyl (C=O) groups excluding carboxylic acids is 3. The highest BCUT2D eigenvalue weighted by atomic mass is 127. The Hall–Kier alpha value is -2.99. The number of likely N-dealkylation sites (N-methyl/N-ethyl adjacent to an activating group) is 1. The van der Waals surface area contributed by atoms with E-state index in [-0.39, 0.29) is 78.2 Å². The number of carbonyl (C=O) groups is 4. The van der Waals surface area contributed by atoms with E-state index in [1.54, 1.807) is 25.7 Å². The zero-order valence-corrected chi connectivity index (χ0v) is 28.9. The molecule has 0 aromatic heterocycles. The van der Waals surface area contributed by atoms with E-state index in [0.29, 0.717) is 41.9 Å². The monoisotopic (exact) mass is 779 g/mol. The number of carboxylic acid groups (broad SMARTS) is 1. The third-order valence-corrected chi connectivity index (χ3v) is 9.76. The van der Waals surface area contributed by atoms with Gasteiger partial charge in [0.1, 0.15) is 47.4 Å². The molecule has 0 bridgehead atoms. The number of hydrogen-bond acceptors (Lipinski definition) is 8. The molecule has 0 spiro atoms. The molecule has 2 amide bonds. The van der Waals surface area contributed by atoms with Gasteiger partial charge < -0.3 is 53.4 Å². The minimum Gasteiger partial charge on any atom is -1.00 e. The van der Waals surface area contributed by atoms with Gasteiger partial charge in [-0.25, -0.2) is 22.8 Å². The highest BCUT2D eigenvalue weighted by Crippen LogP contribution is 2.42. The summed E-state index contributed by atoms with van der Waals surface area (Å²) in [4.78, 5) is 53.1. The molecule has 16 heteroatoms. The molecule has 0 unspecified atom stereocenters. The summed E-state index contributed by atoms with van der Waals surface area (Å²) in [7, 11) is 1.98. The third kappa shape index (κ3) is 6.83. The van der Waals surface area contributed by atoms with Crippen molar-refractivity contribution >= 4 is 47.4 Å². The van der Waals surface area contributed by atoms with Crippen LogP contribution in [-0.2, 0) is 30.3 Å². The van der Waals surface area contributed by atoms with Gasteiger partial charge in [0.25, 0.3) is 5.91 Å². The van der Waals surface area contributed by atoms with Crippen molar-refractivity contribution in [3.8, 4) is 0 Å². The first-order chi connectivity index (χ1) is 21.2. The number of fused-ring (bicyclic) bond motifs is 2. The highest BCUT2D eigenvalue weighted by molar-refractivity contribution is 8.00. The summed E-state index contributed by atoms with van der Waals surface area (Å²) in [6, 6.07) is 0.398. The van der Waals surface area contributed by atoms with E-state index in [0.717, 1.165) is 6.07 Å². The molecule has 0 saturated carbocycles. The van der Waals surface area contributed by atoms with Crippen molar-refractivity contribution in [3.63, 3.8) is 0 Å². The van der Waals surface area contributed by atoms with Crippen LogP contribution in [0.4, 0.5) is 24.5 Å². The van der Waals surface area contributed by atoms with E-state index in [4.69, 9.17) is 4.74 Å². The quantitative estimate of drug-likeness (QED) is 0.109. The second-order valence-electron chi connectivity index (χ2n) is 12.9. The smallest absolute Gasteiger partial charge is 0.355 e. The fourth-order valence-corrected chi connectivity index (χ4v) is 7.63. The van der Waals surface area contributed by atoms with Crippen LogP contribution in [0, 0.1) is 11.6 Å². The van der Waals surface area contributed by atoms with Gasteiger partial charge in [-0.1, -0.05) is 0 Å². The molecule has 2 N–H and O–H groups in total. The first-order valence-electron chi connectivity index (χ1n) is 14.6. The lowest BCUT2D eigenvalue weighted by Gasteiger charge is -2.50. The number of benzene rings is 1. The molecule has 2 saturated heterocycles. The topological polar surface area (TPSA) is 119 Å². The van der Waals surface area contributed by atoms with Gasteiger partial charge in [0.05, 0.1) is 51.0 Å². The Morgan fingerprint density at radius 1 is 1.22 bits per heavy atom. The molecular weight excluding hydrogens is 742 g/mol. The Labute approximate surface area is 286 Å². The lowest BCUT2D eigenvalue weighted by atomic mass is 9.97. The number of carboxylic acids is 1. The Balaban J connectivity index is 0.00000480. The molecule has 5 rings (SSSR count). The zero-order chi connectivity index (χ0) is 32.8. The molecule has 252 valence electrons. The van der Waals surface area contributed by atoms with Crippen LogP contribution in [0.15, 0.2) is 29.1 Å². The first-order valence-corrected chi connectivity index (χ1v) is 15.7. The minimum absolute atomic E-state index is 0. The number of alkyl halides is 1. The predicted molar refractivity (Wildman–Crippen MR) is 161 cm³/mol. The Morgan fingerprint density at radius 3 is 2.48 bits per heavy atom. The maximum absolute atomic E-state index is 16.0. The summed E-state index contributed by atoms with van der Waals surface area (Å²) < 4.78 is 50.9. The Morgan fingerprint density at radius 2 is 1.89 bits per heavy atom. The van der Waals surface area contributed by atoms with E-state index in [2.05, 4.69) is 5.32 Å². The molecule has 0 aliphatic carbocycles. The number of anilines is 2. The number of amides is 2. The fraction of sp³-hybridized carbons (Fsp3) is 0.533. The number of aliphatic carboxylic acids is 1. The fourth-order valence-electron chi connectivity index (χ4n) is 6.29. The van der Waals surface area contributed by atoms with Crippen LogP contribution >= 0.6 is 11.8 Å². The maximum Gasteiger partial charge on any atom is 0.355 e. The van der Waals surface area contributed by atoms with Crippen LogP contribution < -0.4 is 39.1 Å². The van der Waals surface area contributed by atoms with Crippen LogP contribution in [-0.4, -0.2) is 115 Å². The van der Waals surface area contributed by atoms with Gasteiger partial charge in [0.15, 0.2) is 5.82 Å². The number of piperazine rings is 1. The van der Waals surface area contributed by atoms with Gasteiger partial charge in [0.2, 0.25) is 6.41 Å². The van der Waals surface area contributed by atoms with Crippen molar-refractivity contribution in [2.24, 2.45) is 0 Å². The Kier molecular flexibility index (Phi) is 10.6. The van der Waals surface area contributed by atoms with Gasteiger partial charge in [0, 0.05) is 23.9 Å². The van der Waals surface area contributed by atoms with Gasteiger partial charge in [-0.05, 0) is 32.4 Å². The van der Waals surface area contributed by atoms with Crippen LogP contribution in [0.25, 0.3) is 0 Å². The van der Waals surface area contributed by atoms with Crippen molar-refractivity contribution in [2.75, 3.05) is 68.5 Å². The van der Waals surface area contributed by atoms with Crippen molar-refractivity contribution in [1.82, 2.24) is 10.2 Å². The molecule has 0 radical (unpaired) electrons. The largest absolute Gasteiger partial charge is 1.00 e. The second-order valence-corrected chi connectivity index (χ2v) is 14.0. The van der Waals surface area contributed by atoms with E-state index < -0.39 is 53.2 Å². The lowest BCUT2D eigenvalue weighted by molar-refractivity contribution is -0.905. The van der Waals surface area contributed by atoms with Crippen LogP contribution in [0.2, 0.25) is 0 Å². The number of rotatable bonds is 9. The average Bonchev–Trinajstić information content (AvgIpc) is 2.95. The van der Waals surface area contributed by atoms with Gasteiger partial charge in [-0.2, -0.15) is 0 Å².